The van der Waals surface area contributed by atoms with Crippen LogP contribution in [0.15, 0.2) is 55.4 Å². The minimum atomic E-state index is -0.807. The fourth-order valence-corrected chi connectivity index (χ4v) is 2.48. The van der Waals surface area contributed by atoms with Crippen molar-refractivity contribution in [3.63, 3.8) is 0 Å². The highest BCUT2D eigenvalue weighted by Crippen LogP contribution is 2.28. The van der Waals surface area contributed by atoms with Gasteiger partial charge in [0.1, 0.15) is 12.7 Å². The fraction of sp³-hybridized carbons (Fsp3) is 0.263. The van der Waals surface area contributed by atoms with Crippen molar-refractivity contribution < 1.29 is 14.6 Å². The minimum absolute atomic E-state index is 0.0704. The summed E-state index contributed by atoms with van der Waals surface area (Å²) in [6, 6.07) is 9.29. The number of tetrazole rings is 1. The van der Waals surface area contributed by atoms with E-state index in [1.54, 1.807) is 25.6 Å². The lowest BCUT2D eigenvalue weighted by Crippen LogP contribution is -2.25. The molecule has 1 aromatic carbocycles. The second-order valence-electron chi connectivity index (χ2n) is 5.85. The van der Waals surface area contributed by atoms with Crippen LogP contribution in [0, 0.1) is 0 Å². The van der Waals surface area contributed by atoms with Crippen molar-refractivity contribution in [2.24, 2.45) is 0 Å². The van der Waals surface area contributed by atoms with E-state index in [1.165, 1.54) is 4.80 Å². The Labute approximate surface area is 157 Å². The van der Waals surface area contributed by atoms with Crippen molar-refractivity contribution in [1.29, 1.82) is 0 Å². The summed E-state index contributed by atoms with van der Waals surface area (Å²) in [5, 5.41) is 22.4. The molecule has 2 aromatic heterocycles. The number of pyridine rings is 1. The standard InChI is InChI=1S/C19H21N5O3/c1-3-5-14-7-8-17(18(10-14)26-2)27-13-16(25)12-24-22-19(21-23-24)15-6-4-9-20-11-15/h3-4,6-11,16,25H,1,5,12-13H2,2H3. The molecule has 1 unspecified atom stereocenters. The second-order valence-corrected chi connectivity index (χ2v) is 5.85. The van der Waals surface area contributed by atoms with Gasteiger partial charge in [0.2, 0.25) is 5.82 Å². The minimum Gasteiger partial charge on any atom is -0.493 e. The third-order valence-electron chi connectivity index (χ3n) is 3.79. The fourth-order valence-electron chi connectivity index (χ4n) is 2.48. The van der Waals surface area contributed by atoms with Gasteiger partial charge in [0.15, 0.2) is 11.5 Å². The first-order valence-electron chi connectivity index (χ1n) is 8.46. The Kier molecular flexibility index (Phi) is 6.11. The Balaban J connectivity index is 1.58. The van der Waals surface area contributed by atoms with Crippen LogP contribution in [-0.4, -0.2) is 50.1 Å². The molecule has 0 spiro atoms. The highest BCUT2D eigenvalue weighted by atomic mass is 16.5. The summed E-state index contributed by atoms with van der Waals surface area (Å²) in [4.78, 5) is 5.36. The maximum absolute atomic E-state index is 10.2. The molecule has 3 aromatic rings. The normalized spacial score (nSPS) is 11.8. The van der Waals surface area contributed by atoms with Gasteiger partial charge in [-0.1, -0.05) is 12.1 Å². The maximum Gasteiger partial charge on any atom is 0.206 e. The number of rotatable bonds is 9. The third kappa shape index (κ3) is 4.89. The van der Waals surface area contributed by atoms with Gasteiger partial charge in [0.25, 0.3) is 0 Å². The summed E-state index contributed by atoms with van der Waals surface area (Å²) in [6.07, 6.45) is 5.09. The highest BCUT2D eigenvalue weighted by molar-refractivity contribution is 5.51. The molecular formula is C19H21N5O3. The van der Waals surface area contributed by atoms with Gasteiger partial charge < -0.3 is 14.6 Å². The molecular weight excluding hydrogens is 346 g/mol. The Bertz CT molecular complexity index is 882. The lowest BCUT2D eigenvalue weighted by Gasteiger charge is -2.14. The van der Waals surface area contributed by atoms with Crippen molar-refractivity contribution in [3.8, 4) is 22.9 Å². The SMILES string of the molecule is C=CCc1ccc(OCC(O)Cn2nnc(-c3cccnc3)n2)c(OC)c1. The van der Waals surface area contributed by atoms with Crippen molar-refractivity contribution in [2.75, 3.05) is 13.7 Å². The Morgan fingerprint density at radius 1 is 1.30 bits per heavy atom. The van der Waals surface area contributed by atoms with Gasteiger partial charge in [0, 0.05) is 18.0 Å². The highest BCUT2D eigenvalue weighted by Gasteiger charge is 2.13. The topological polar surface area (TPSA) is 95.2 Å². The summed E-state index contributed by atoms with van der Waals surface area (Å²) < 4.78 is 11.0. The van der Waals surface area contributed by atoms with E-state index in [1.807, 2.05) is 30.3 Å². The number of allylic oxidation sites excluding steroid dienone is 1. The van der Waals surface area contributed by atoms with Crippen LogP contribution in [0.4, 0.5) is 0 Å². The van der Waals surface area contributed by atoms with Crippen LogP contribution in [0.5, 0.6) is 11.5 Å². The van der Waals surface area contributed by atoms with Crippen LogP contribution >= 0.6 is 0 Å². The lowest BCUT2D eigenvalue weighted by molar-refractivity contribution is 0.0836. The average Bonchev–Trinajstić information content (AvgIpc) is 3.16. The molecule has 0 radical (unpaired) electrons. The molecule has 0 fully saturated rings. The molecule has 140 valence electrons. The number of benzene rings is 1. The number of hydrogen-bond donors (Lipinski definition) is 1. The summed E-state index contributed by atoms with van der Waals surface area (Å²) in [5.74, 6) is 1.63. The maximum atomic E-state index is 10.2. The number of aliphatic hydroxyl groups excluding tert-OH is 1. The smallest absolute Gasteiger partial charge is 0.206 e. The molecule has 1 N–H and O–H groups in total. The van der Waals surface area contributed by atoms with Crippen LogP contribution < -0.4 is 9.47 Å². The monoisotopic (exact) mass is 367 g/mol. The van der Waals surface area contributed by atoms with Gasteiger partial charge >= 0.3 is 0 Å². The molecule has 0 aliphatic carbocycles. The molecule has 0 amide bonds. The number of nitrogens with zero attached hydrogens (tertiary/aromatic N) is 5. The molecule has 8 heteroatoms. The molecule has 0 saturated heterocycles. The van der Waals surface area contributed by atoms with E-state index in [4.69, 9.17) is 9.47 Å². The second kappa shape index (κ2) is 8.91. The summed E-state index contributed by atoms with van der Waals surface area (Å²) >= 11 is 0. The predicted molar refractivity (Wildman–Crippen MR) is 99.4 cm³/mol. The van der Waals surface area contributed by atoms with Gasteiger partial charge in [-0.15, -0.1) is 16.8 Å². The average molecular weight is 367 g/mol. The molecule has 1 atom stereocenters. The molecule has 0 aliphatic heterocycles. The zero-order valence-electron chi connectivity index (χ0n) is 15.0. The molecule has 2 heterocycles. The Morgan fingerprint density at radius 2 is 2.19 bits per heavy atom. The first-order chi connectivity index (χ1) is 13.2. The predicted octanol–water partition coefficient (Wildman–Crippen LogP) is 1.91. The van der Waals surface area contributed by atoms with Crippen LogP contribution in [-0.2, 0) is 13.0 Å². The van der Waals surface area contributed by atoms with Gasteiger partial charge in [-0.25, -0.2) is 0 Å². The number of methoxy groups -OCH3 is 1. The lowest BCUT2D eigenvalue weighted by atomic mass is 10.1. The van der Waals surface area contributed by atoms with Crippen LogP contribution in [0.2, 0.25) is 0 Å². The first-order valence-corrected chi connectivity index (χ1v) is 8.46. The molecule has 3 rings (SSSR count). The third-order valence-corrected chi connectivity index (χ3v) is 3.79. The molecule has 8 nitrogen and oxygen atoms in total. The van der Waals surface area contributed by atoms with E-state index in [2.05, 4.69) is 27.0 Å². The van der Waals surface area contributed by atoms with Crippen LogP contribution in [0.25, 0.3) is 11.4 Å². The number of hydrogen-bond acceptors (Lipinski definition) is 7. The van der Waals surface area contributed by atoms with Crippen molar-refractivity contribution in [1.82, 2.24) is 25.2 Å². The van der Waals surface area contributed by atoms with E-state index in [0.29, 0.717) is 17.3 Å². The van der Waals surface area contributed by atoms with Crippen LogP contribution in [0.1, 0.15) is 5.56 Å². The largest absolute Gasteiger partial charge is 0.493 e. The quantitative estimate of drug-likeness (QED) is 0.577. The van der Waals surface area contributed by atoms with Crippen molar-refractivity contribution in [3.05, 3.63) is 60.9 Å². The first kappa shape index (κ1) is 18.5. The zero-order valence-corrected chi connectivity index (χ0v) is 15.0. The molecule has 0 bridgehead atoms. The summed E-state index contributed by atoms with van der Waals surface area (Å²) in [5.41, 5.74) is 1.84. The zero-order chi connectivity index (χ0) is 19.1. The van der Waals surface area contributed by atoms with Crippen molar-refractivity contribution >= 4 is 0 Å². The van der Waals surface area contributed by atoms with Gasteiger partial charge in [0.05, 0.1) is 13.7 Å². The van der Waals surface area contributed by atoms with Crippen molar-refractivity contribution in [2.45, 2.75) is 19.1 Å². The van der Waals surface area contributed by atoms with Crippen LogP contribution in [0.3, 0.4) is 0 Å². The van der Waals surface area contributed by atoms with E-state index in [9.17, 15) is 5.11 Å². The summed E-state index contributed by atoms with van der Waals surface area (Å²) in [6.45, 7) is 3.95. The number of aliphatic hydroxyl groups is 1. The van der Waals surface area contributed by atoms with E-state index < -0.39 is 6.10 Å². The van der Waals surface area contributed by atoms with Gasteiger partial charge in [-0.05, 0) is 41.5 Å². The number of ether oxygens (including phenoxy) is 2. The number of aromatic nitrogens is 5. The van der Waals surface area contributed by atoms with Gasteiger partial charge in [-0.2, -0.15) is 4.80 Å². The Morgan fingerprint density at radius 3 is 2.93 bits per heavy atom. The van der Waals surface area contributed by atoms with E-state index in [0.717, 1.165) is 17.5 Å². The summed E-state index contributed by atoms with van der Waals surface area (Å²) in [7, 11) is 1.58. The van der Waals surface area contributed by atoms with Gasteiger partial charge in [-0.3, -0.25) is 4.98 Å². The molecule has 0 aliphatic rings. The Hall–Kier alpha value is -3.26. The molecule has 27 heavy (non-hydrogen) atoms. The van der Waals surface area contributed by atoms with E-state index >= 15 is 0 Å². The van der Waals surface area contributed by atoms with E-state index in [-0.39, 0.29) is 13.2 Å². The molecule has 0 saturated carbocycles.